The largest absolute Gasteiger partial charge is 0.497 e. The van der Waals surface area contributed by atoms with Gasteiger partial charge in [0.05, 0.1) is 35.2 Å². The van der Waals surface area contributed by atoms with Crippen molar-refractivity contribution in [2.45, 2.75) is 18.2 Å². The van der Waals surface area contributed by atoms with E-state index in [2.05, 4.69) is 15.3 Å². The Hall–Kier alpha value is -2.26. The zero-order valence-electron chi connectivity index (χ0n) is 15.6. The minimum absolute atomic E-state index is 0.195. The zero-order chi connectivity index (χ0) is 20.5. The Morgan fingerprint density at radius 1 is 1.17 bits per heavy atom. The van der Waals surface area contributed by atoms with Crippen LogP contribution in [0.4, 0.5) is 0 Å². The number of thioether (sulfide) groups is 1. The normalized spacial score (nSPS) is 12.4. The van der Waals surface area contributed by atoms with Gasteiger partial charge in [-0.1, -0.05) is 47.1 Å². The van der Waals surface area contributed by atoms with E-state index in [4.69, 9.17) is 27.9 Å². The molecule has 0 radical (unpaired) electrons. The number of benzene rings is 1. The number of hydrogen-bond donors (Lipinski definition) is 1. The number of fused-ring (bicyclic) bond motifs is 1. The van der Waals surface area contributed by atoms with E-state index in [9.17, 15) is 5.11 Å². The molecule has 0 fully saturated rings. The Kier molecular flexibility index (Phi) is 5.69. The number of ether oxygens (including phenoxy) is 1. The van der Waals surface area contributed by atoms with Gasteiger partial charge in [-0.3, -0.25) is 4.40 Å². The van der Waals surface area contributed by atoms with Gasteiger partial charge in [0, 0.05) is 0 Å². The van der Waals surface area contributed by atoms with Gasteiger partial charge < -0.3 is 9.84 Å². The number of nitrogens with zero attached hydrogens (tertiary/aromatic N) is 5. The number of imidazole rings is 1. The van der Waals surface area contributed by atoms with Crippen LogP contribution >= 0.6 is 35.0 Å². The molecule has 1 atom stereocenters. The summed E-state index contributed by atoms with van der Waals surface area (Å²) in [6.45, 7) is 2.03. The number of aromatic nitrogens is 5. The van der Waals surface area contributed by atoms with Gasteiger partial charge in [0.15, 0.2) is 10.3 Å². The highest BCUT2D eigenvalue weighted by molar-refractivity contribution is 7.99. The minimum Gasteiger partial charge on any atom is -0.497 e. The molecule has 0 saturated carbocycles. The molecule has 7 nitrogen and oxygen atoms in total. The molecule has 4 aromatic rings. The van der Waals surface area contributed by atoms with Crippen molar-refractivity contribution in [2.75, 3.05) is 12.9 Å². The maximum absolute atomic E-state index is 11.1. The monoisotopic (exact) mass is 449 g/mol. The fourth-order valence-electron chi connectivity index (χ4n) is 3.01. The molecule has 0 amide bonds. The summed E-state index contributed by atoms with van der Waals surface area (Å²) < 4.78 is 8.44. The molecule has 1 unspecified atom stereocenters. The Morgan fingerprint density at radius 2 is 1.93 bits per heavy atom. The summed E-state index contributed by atoms with van der Waals surface area (Å²) in [6.07, 6.45) is 0.552. The van der Waals surface area contributed by atoms with Gasteiger partial charge >= 0.3 is 0 Å². The summed E-state index contributed by atoms with van der Waals surface area (Å²) in [6, 6.07) is 10.8. The predicted octanol–water partition coefficient (Wildman–Crippen LogP) is 4.42. The summed E-state index contributed by atoms with van der Waals surface area (Å²) in [5.41, 5.74) is 2.16. The Balaban J connectivity index is 1.79. The average Bonchev–Trinajstić information content (AvgIpc) is 3.31. The second kappa shape index (κ2) is 8.23. The molecule has 1 aromatic carbocycles. The summed E-state index contributed by atoms with van der Waals surface area (Å²) in [5.74, 6) is 1.54. The molecule has 10 heteroatoms. The third-order valence-corrected chi connectivity index (χ3v) is 5.90. The molecule has 3 heterocycles. The molecule has 29 heavy (non-hydrogen) atoms. The van der Waals surface area contributed by atoms with Gasteiger partial charge in [-0.05, 0) is 42.2 Å². The lowest BCUT2D eigenvalue weighted by molar-refractivity contribution is 0.208. The predicted molar refractivity (Wildman–Crippen MR) is 114 cm³/mol. The molecule has 1 N–H and O–H groups in total. The fraction of sp³-hybridized carbons (Fsp3) is 0.211. The standard InChI is InChI=1S/C19H17Cl2N5O2S/c1-3-29-19-22-10-12-6-9-14(20)16(25(12)19)17(27)15-18(21)26(24-23-15)11-4-7-13(28-2)8-5-11/h4-10,17,27H,3H2,1-2H3. The summed E-state index contributed by atoms with van der Waals surface area (Å²) >= 11 is 14.5. The van der Waals surface area contributed by atoms with E-state index in [1.165, 1.54) is 4.68 Å². The first-order chi connectivity index (χ1) is 14.0. The molecule has 150 valence electrons. The Labute approximate surface area is 181 Å². The minimum atomic E-state index is -1.18. The molecular weight excluding hydrogens is 433 g/mol. The van der Waals surface area contributed by atoms with Crippen molar-refractivity contribution in [1.82, 2.24) is 24.4 Å². The summed E-state index contributed by atoms with van der Waals surface area (Å²) in [4.78, 5) is 4.42. The van der Waals surface area contributed by atoms with Gasteiger partial charge in [0.1, 0.15) is 17.5 Å². The van der Waals surface area contributed by atoms with Crippen LogP contribution in [-0.4, -0.2) is 42.3 Å². The van der Waals surface area contributed by atoms with E-state index < -0.39 is 6.10 Å². The van der Waals surface area contributed by atoms with Crippen molar-refractivity contribution in [1.29, 1.82) is 0 Å². The lowest BCUT2D eigenvalue weighted by Gasteiger charge is -2.15. The first kappa shape index (κ1) is 20.0. The number of halogens is 2. The third-order valence-electron chi connectivity index (χ3n) is 4.39. The van der Waals surface area contributed by atoms with Crippen molar-refractivity contribution < 1.29 is 9.84 Å². The van der Waals surface area contributed by atoms with E-state index in [1.807, 2.05) is 17.4 Å². The Bertz CT molecular complexity index is 1160. The number of aliphatic hydroxyl groups excluding tert-OH is 1. The molecule has 0 bridgehead atoms. The second-order valence-corrected chi connectivity index (χ2v) is 8.07. The van der Waals surface area contributed by atoms with Crippen LogP contribution in [0.1, 0.15) is 24.4 Å². The van der Waals surface area contributed by atoms with Gasteiger partial charge in [0.25, 0.3) is 0 Å². The van der Waals surface area contributed by atoms with Crippen molar-refractivity contribution in [3.05, 3.63) is 64.2 Å². The van der Waals surface area contributed by atoms with Crippen molar-refractivity contribution >= 4 is 40.5 Å². The molecule has 0 spiro atoms. The molecular formula is C19H17Cl2N5O2S. The van der Waals surface area contributed by atoms with Crippen molar-refractivity contribution in [3.63, 3.8) is 0 Å². The van der Waals surface area contributed by atoms with E-state index in [0.717, 1.165) is 16.4 Å². The van der Waals surface area contributed by atoms with E-state index in [0.29, 0.717) is 22.2 Å². The molecule has 4 rings (SSSR count). The topological polar surface area (TPSA) is 77.5 Å². The fourth-order valence-corrected chi connectivity index (χ4v) is 4.25. The third kappa shape index (κ3) is 3.57. The molecule has 3 aromatic heterocycles. The first-order valence-corrected chi connectivity index (χ1v) is 10.5. The SMILES string of the molecule is CCSc1ncc2ccc(Cl)c(C(O)c3nnn(-c4ccc(OC)cc4)c3Cl)n12. The highest BCUT2D eigenvalue weighted by atomic mass is 35.5. The number of pyridine rings is 1. The quantitative estimate of drug-likeness (QED) is 0.438. The van der Waals surface area contributed by atoms with Crippen LogP contribution in [0.5, 0.6) is 5.75 Å². The van der Waals surface area contributed by atoms with Gasteiger partial charge in [0.2, 0.25) is 0 Å². The van der Waals surface area contributed by atoms with Crippen LogP contribution in [0.2, 0.25) is 10.2 Å². The first-order valence-electron chi connectivity index (χ1n) is 8.77. The van der Waals surface area contributed by atoms with Crippen LogP contribution in [0.15, 0.2) is 47.8 Å². The van der Waals surface area contributed by atoms with Crippen LogP contribution < -0.4 is 4.74 Å². The lowest BCUT2D eigenvalue weighted by Crippen LogP contribution is -2.09. The van der Waals surface area contributed by atoms with Crippen LogP contribution in [0, 0.1) is 0 Å². The van der Waals surface area contributed by atoms with Crippen LogP contribution in [0.25, 0.3) is 11.2 Å². The van der Waals surface area contributed by atoms with Gasteiger partial charge in [-0.2, -0.15) is 0 Å². The van der Waals surface area contributed by atoms with Gasteiger partial charge in [-0.25, -0.2) is 9.67 Å². The zero-order valence-corrected chi connectivity index (χ0v) is 17.9. The highest BCUT2D eigenvalue weighted by Gasteiger charge is 2.26. The Morgan fingerprint density at radius 3 is 2.62 bits per heavy atom. The van der Waals surface area contributed by atoms with Crippen LogP contribution in [-0.2, 0) is 0 Å². The molecule has 0 aliphatic rings. The average molecular weight is 450 g/mol. The van der Waals surface area contributed by atoms with Crippen molar-refractivity contribution in [2.24, 2.45) is 0 Å². The van der Waals surface area contributed by atoms with Crippen LogP contribution in [0.3, 0.4) is 0 Å². The van der Waals surface area contributed by atoms with Gasteiger partial charge in [-0.15, -0.1) is 5.10 Å². The van der Waals surface area contributed by atoms with E-state index >= 15 is 0 Å². The molecule has 0 saturated heterocycles. The smallest absolute Gasteiger partial charge is 0.172 e. The van der Waals surface area contributed by atoms with Crippen molar-refractivity contribution in [3.8, 4) is 11.4 Å². The van der Waals surface area contributed by atoms with E-state index in [-0.39, 0.29) is 10.8 Å². The number of hydrogen-bond acceptors (Lipinski definition) is 6. The number of rotatable bonds is 6. The number of methoxy groups -OCH3 is 1. The second-order valence-electron chi connectivity index (χ2n) is 6.08. The number of aliphatic hydroxyl groups is 1. The maximum Gasteiger partial charge on any atom is 0.172 e. The van der Waals surface area contributed by atoms with E-state index in [1.54, 1.807) is 55.4 Å². The molecule has 0 aliphatic heterocycles. The summed E-state index contributed by atoms with van der Waals surface area (Å²) in [7, 11) is 1.59. The lowest BCUT2D eigenvalue weighted by atomic mass is 10.1. The maximum atomic E-state index is 11.1. The highest BCUT2D eigenvalue weighted by Crippen LogP contribution is 2.34. The summed E-state index contributed by atoms with van der Waals surface area (Å²) in [5, 5.41) is 20.7. The molecule has 0 aliphatic carbocycles.